The molecule has 2 N–H and O–H groups in total. The van der Waals surface area contributed by atoms with E-state index in [4.69, 9.17) is 4.74 Å². The Morgan fingerprint density at radius 1 is 1.30 bits per heavy atom. The van der Waals surface area contributed by atoms with Crippen molar-refractivity contribution in [3.63, 3.8) is 0 Å². The number of carbonyl (C=O) groups is 2. The second kappa shape index (κ2) is 7.52. The lowest BCUT2D eigenvalue weighted by atomic mass is 10.1. The second-order valence-corrected chi connectivity index (χ2v) is 4.44. The fourth-order valence-corrected chi connectivity index (χ4v) is 1.91. The molecule has 0 spiro atoms. The molecule has 0 saturated heterocycles. The summed E-state index contributed by atoms with van der Waals surface area (Å²) in [5.41, 5.74) is 3.20. The van der Waals surface area contributed by atoms with E-state index in [1.54, 1.807) is 6.92 Å². The van der Waals surface area contributed by atoms with Gasteiger partial charge in [-0.3, -0.25) is 9.48 Å². The molecule has 0 aliphatic rings. The number of amides is 2. The molecule has 7 heteroatoms. The molecule has 0 unspecified atom stereocenters. The first kappa shape index (κ1) is 16.0. The van der Waals surface area contributed by atoms with E-state index in [-0.39, 0.29) is 12.6 Å². The van der Waals surface area contributed by atoms with Crippen molar-refractivity contribution < 1.29 is 14.3 Å². The van der Waals surface area contributed by atoms with Gasteiger partial charge in [0, 0.05) is 19.3 Å². The quantitative estimate of drug-likeness (QED) is 0.741. The standard InChI is InChI=1S/C13H22N4O3/c1-5-20-12(18)8-15-13(19)14-7-6-11-9(2)16-17(4)10(11)3/h5-8H2,1-4H3,(H2,14,15,19). The molecule has 0 radical (unpaired) electrons. The minimum absolute atomic E-state index is 0.120. The topological polar surface area (TPSA) is 85.2 Å². The maximum absolute atomic E-state index is 11.5. The minimum Gasteiger partial charge on any atom is -0.465 e. The number of aryl methyl sites for hydroxylation is 2. The van der Waals surface area contributed by atoms with E-state index in [2.05, 4.69) is 15.7 Å². The van der Waals surface area contributed by atoms with Crippen LogP contribution in [0.3, 0.4) is 0 Å². The zero-order valence-corrected chi connectivity index (χ0v) is 12.4. The molecular weight excluding hydrogens is 260 g/mol. The van der Waals surface area contributed by atoms with Gasteiger partial charge in [0.2, 0.25) is 0 Å². The number of rotatable bonds is 6. The number of carbonyl (C=O) groups excluding carboxylic acids is 2. The van der Waals surface area contributed by atoms with Crippen LogP contribution in [0.25, 0.3) is 0 Å². The predicted octanol–water partition coefficient (Wildman–Crippen LogP) is 0.442. The summed E-state index contributed by atoms with van der Waals surface area (Å²) < 4.78 is 6.53. The fraction of sp³-hybridized carbons (Fsp3) is 0.615. The smallest absolute Gasteiger partial charge is 0.325 e. The van der Waals surface area contributed by atoms with Crippen LogP contribution in [0.2, 0.25) is 0 Å². The summed E-state index contributed by atoms with van der Waals surface area (Å²) in [5, 5.41) is 9.46. The van der Waals surface area contributed by atoms with Gasteiger partial charge in [-0.2, -0.15) is 5.10 Å². The lowest BCUT2D eigenvalue weighted by molar-refractivity contribution is -0.141. The van der Waals surface area contributed by atoms with Crippen molar-refractivity contribution in [1.82, 2.24) is 20.4 Å². The van der Waals surface area contributed by atoms with Crippen molar-refractivity contribution in [2.45, 2.75) is 27.2 Å². The number of urea groups is 1. The van der Waals surface area contributed by atoms with Crippen LogP contribution in [0.4, 0.5) is 4.79 Å². The van der Waals surface area contributed by atoms with Gasteiger partial charge in [0.05, 0.1) is 12.3 Å². The number of nitrogens with one attached hydrogen (secondary N) is 2. The molecule has 7 nitrogen and oxygen atoms in total. The molecule has 1 rings (SSSR count). The first-order valence-electron chi connectivity index (χ1n) is 6.62. The van der Waals surface area contributed by atoms with E-state index in [0.717, 1.165) is 17.0 Å². The molecule has 0 saturated carbocycles. The van der Waals surface area contributed by atoms with Crippen molar-refractivity contribution in [3.05, 3.63) is 17.0 Å². The van der Waals surface area contributed by atoms with Gasteiger partial charge in [-0.05, 0) is 32.8 Å². The van der Waals surface area contributed by atoms with Gasteiger partial charge in [0.15, 0.2) is 0 Å². The van der Waals surface area contributed by atoms with E-state index in [9.17, 15) is 9.59 Å². The van der Waals surface area contributed by atoms with E-state index < -0.39 is 5.97 Å². The highest BCUT2D eigenvalue weighted by Gasteiger charge is 2.10. The Hall–Kier alpha value is -2.05. The normalized spacial score (nSPS) is 10.2. The minimum atomic E-state index is -0.443. The number of ether oxygens (including phenoxy) is 1. The third-order valence-corrected chi connectivity index (χ3v) is 3.02. The van der Waals surface area contributed by atoms with Crippen molar-refractivity contribution in [1.29, 1.82) is 0 Å². The Bertz CT molecular complexity index is 482. The summed E-state index contributed by atoms with van der Waals surface area (Å²) in [5.74, 6) is -0.443. The van der Waals surface area contributed by atoms with Crippen molar-refractivity contribution in [2.24, 2.45) is 7.05 Å². The SMILES string of the molecule is CCOC(=O)CNC(=O)NCCc1c(C)nn(C)c1C. The molecule has 0 aromatic carbocycles. The van der Waals surface area contributed by atoms with E-state index in [1.165, 1.54) is 0 Å². The Morgan fingerprint density at radius 3 is 2.55 bits per heavy atom. The first-order chi connectivity index (χ1) is 9.45. The second-order valence-electron chi connectivity index (χ2n) is 4.44. The van der Waals surface area contributed by atoms with E-state index >= 15 is 0 Å². The number of hydrogen-bond donors (Lipinski definition) is 2. The highest BCUT2D eigenvalue weighted by atomic mass is 16.5. The zero-order chi connectivity index (χ0) is 15.1. The molecule has 0 fully saturated rings. The van der Waals surface area contributed by atoms with Crippen LogP contribution in [0.5, 0.6) is 0 Å². The maximum atomic E-state index is 11.5. The van der Waals surface area contributed by atoms with Crippen LogP contribution in [0.15, 0.2) is 0 Å². The number of hydrogen-bond acceptors (Lipinski definition) is 4. The molecule has 1 heterocycles. The monoisotopic (exact) mass is 282 g/mol. The van der Waals surface area contributed by atoms with Gasteiger partial charge in [0.1, 0.15) is 6.54 Å². The van der Waals surface area contributed by atoms with Gasteiger partial charge in [0.25, 0.3) is 0 Å². The Balaban J connectivity index is 2.30. The fourth-order valence-electron chi connectivity index (χ4n) is 1.91. The van der Waals surface area contributed by atoms with Crippen LogP contribution in [-0.2, 0) is 23.0 Å². The van der Waals surface area contributed by atoms with Gasteiger partial charge in [-0.25, -0.2) is 4.79 Å². The molecule has 20 heavy (non-hydrogen) atoms. The summed E-state index contributed by atoms with van der Waals surface area (Å²) in [6.07, 6.45) is 0.707. The zero-order valence-electron chi connectivity index (χ0n) is 12.4. The molecule has 1 aromatic heterocycles. The highest BCUT2D eigenvalue weighted by molar-refractivity contribution is 5.80. The molecule has 2 amide bonds. The molecule has 0 aliphatic heterocycles. The molecule has 0 aliphatic carbocycles. The summed E-state index contributed by atoms with van der Waals surface area (Å²) in [6.45, 7) is 6.34. The number of nitrogens with zero attached hydrogens (tertiary/aromatic N) is 2. The summed E-state index contributed by atoms with van der Waals surface area (Å²) >= 11 is 0. The summed E-state index contributed by atoms with van der Waals surface area (Å²) in [4.78, 5) is 22.5. The number of aromatic nitrogens is 2. The van der Waals surface area contributed by atoms with Crippen molar-refractivity contribution in [3.8, 4) is 0 Å². The largest absolute Gasteiger partial charge is 0.465 e. The first-order valence-corrected chi connectivity index (χ1v) is 6.62. The van der Waals surface area contributed by atoms with E-state index in [1.807, 2.05) is 25.6 Å². The molecule has 0 atom stereocenters. The van der Waals surface area contributed by atoms with Gasteiger partial charge >= 0.3 is 12.0 Å². The van der Waals surface area contributed by atoms with Crippen LogP contribution < -0.4 is 10.6 Å². The summed E-state index contributed by atoms with van der Waals surface area (Å²) in [7, 11) is 1.89. The summed E-state index contributed by atoms with van der Waals surface area (Å²) in [6, 6.07) is -0.378. The van der Waals surface area contributed by atoms with Gasteiger partial charge in [-0.1, -0.05) is 0 Å². The van der Waals surface area contributed by atoms with Crippen LogP contribution in [0, 0.1) is 13.8 Å². The van der Waals surface area contributed by atoms with Gasteiger partial charge < -0.3 is 15.4 Å². The third kappa shape index (κ3) is 4.56. The van der Waals surface area contributed by atoms with Crippen LogP contribution >= 0.6 is 0 Å². The average molecular weight is 282 g/mol. The molecular formula is C13H22N4O3. The lowest BCUT2D eigenvalue weighted by Crippen LogP contribution is -2.39. The molecule has 1 aromatic rings. The van der Waals surface area contributed by atoms with Crippen LogP contribution in [-0.4, -0.2) is 41.5 Å². The van der Waals surface area contributed by atoms with E-state index in [0.29, 0.717) is 19.6 Å². The van der Waals surface area contributed by atoms with Crippen LogP contribution in [0.1, 0.15) is 23.9 Å². The molecule has 112 valence electrons. The predicted molar refractivity (Wildman–Crippen MR) is 74.4 cm³/mol. The lowest BCUT2D eigenvalue weighted by Gasteiger charge is -2.07. The van der Waals surface area contributed by atoms with Crippen molar-refractivity contribution in [2.75, 3.05) is 19.7 Å². The Morgan fingerprint density at radius 2 is 2.00 bits per heavy atom. The third-order valence-electron chi connectivity index (χ3n) is 3.02. The Kier molecular flexibility index (Phi) is 6.02. The highest BCUT2D eigenvalue weighted by Crippen LogP contribution is 2.11. The van der Waals surface area contributed by atoms with Gasteiger partial charge in [-0.15, -0.1) is 0 Å². The maximum Gasteiger partial charge on any atom is 0.325 e. The average Bonchev–Trinajstić information content (AvgIpc) is 2.63. The molecule has 0 bridgehead atoms. The number of esters is 1. The van der Waals surface area contributed by atoms with Crippen molar-refractivity contribution >= 4 is 12.0 Å². The Labute approximate surface area is 118 Å².